The molecule has 2 atom stereocenters. The SMILES string of the molecule is C1=CC2Cc3ccccc3C2C=C1.CC. The number of allylic oxidation sites excluding steroid dienone is 4. The molecular formula is C15H18. The lowest BCUT2D eigenvalue weighted by Gasteiger charge is -2.15. The highest BCUT2D eigenvalue weighted by atomic mass is 14.3. The second-order valence-corrected chi connectivity index (χ2v) is 3.86. The number of benzene rings is 1. The average Bonchev–Trinajstić information content (AvgIpc) is 2.70. The molecule has 2 aliphatic carbocycles. The smallest absolute Gasteiger partial charge is 0.00899 e. The second-order valence-electron chi connectivity index (χ2n) is 3.86. The predicted molar refractivity (Wildman–Crippen MR) is 66.0 cm³/mol. The van der Waals surface area contributed by atoms with Gasteiger partial charge in [-0.1, -0.05) is 62.4 Å². The van der Waals surface area contributed by atoms with E-state index >= 15 is 0 Å². The summed E-state index contributed by atoms with van der Waals surface area (Å²) in [5, 5.41) is 0. The van der Waals surface area contributed by atoms with E-state index in [4.69, 9.17) is 0 Å². The minimum atomic E-state index is 0.654. The van der Waals surface area contributed by atoms with Gasteiger partial charge in [-0.3, -0.25) is 0 Å². The van der Waals surface area contributed by atoms with E-state index in [1.807, 2.05) is 13.8 Å². The zero-order chi connectivity index (χ0) is 10.7. The van der Waals surface area contributed by atoms with E-state index in [0.29, 0.717) is 5.92 Å². The van der Waals surface area contributed by atoms with Gasteiger partial charge < -0.3 is 0 Å². The van der Waals surface area contributed by atoms with Crippen molar-refractivity contribution in [3.05, 3.63) is 59.7 Å². The molecule has 0 nitrogen and oxygen atoms in total. The normalized spacial score (nSPS) is 25.2. The molecule has 1 aromatic rings. The van der Waals surface area contributed by atoms with Crippen molar-refractivity contribution in [2.75, 3.05) is 0 Å². The van der Waals surface area contributed by atoms with Crippen LogP contribution in [0.2, 0.25) is 0 Å². The number of hydrogen-bond donors (Lipinski definition) is 0. The number of hydrogen-bond acceptors (Lipinski definition) is 0. The van der Waals surface area contributed by atoms with Crippen molar-refractivity contribution >= 4 is 0 Å². The molecule has 15 heavy (non-hydrogen) atoms. The lowest BCUT2D eigenvalue weighted by molar-refractivity contribution is 0.630. The Morgan fingerprint density at radius 1 is 1.00 bits per heavy atom. The van der Waals surface area contributed by atoms with Gasteiger partial charge in [-0.2, -0.15) is 0 Å². The Hall–Kier alpha value is -1.30. The van der Waals surface area contributed by atoms with E-state index in [1.54, 1.807) is 0 Å². The van der Waals surface area contributed by atoms with Crippen molar-refractivity contribution in [1.82, 2.24) is 0 Å². The molecule has 0 saturated carbocycles. The van der Waals surface area contributed by atoms with Crippen LogP contribution in [0.1, 0.15) is 30.9 Å². The van der Waals surface area contributed by atoms with Crippen molar-refractivity contribution in [2.24, 2.45) is 5.92 Å². The van der Waals surface area contributed by atoms with E-state index in [2.05, 4.69) is 48.6 Å². The summed E-state index contributed by atoms with van der Waals surface area (Å²) in [5.41, 5.74) is 3.07. The monoisotopic (exact) mass is 198 g/mol. The van der Waals surface area contributed by atoms with Crippen LogP contribution in [0.15, 0.2) is 48.6 Å². The van der Waals surface area contributed by atoms with E-state index < -0.39 is 0 Å². The minimum Gasteiger partial charge on any atom is -0.0802 e. The molecule has 0 aliphatic heterocycles. The molecule has 0 spiro atoms. The third-order valence-electron chi connectivity index (χ3n) is 3.12. The Kier molecular flexibility index (Phi) is 3.05. The van der Waals surface area contributed by atoms with Crippen molar-refractivity contribution < 1.29 is 0 Å². The highest BCUT2D eigenvalue weighted by Crippen LogP contribution is 2.40. The lowest BCUT2D eigenvalue weighted by Crippen LogP contribution is -2.03. The summed E-state index contributed by atoms with van der Waals surface area (Å²) < 4.78 is 0. The molecule has 0 amide bonds. The molecule has 2 aliphatic rings. The summed E-state index contributed by atoms with van der Waals surface area (Å²) >= 11 is 0. The zero-order valence-corrected chi connectivity index (χ0v) is 9.48. The molecule has 0 heteroatoms. The van der Waals surface area contributed by atoms with Crippen LogP contribution in [0.4, 0.5) is 0 Å². The largest absolute Gasteiger partial charge is 0.0802 e. The first-order chi connectivity index (χ1) is 7.45. The highest BCUT2D eigenvalue weighted by molar-refractivity contribution is 5.42. The van der Waals surface area contributed by atoms with E-state index in [-0.39, 0.29) is 0 Å². The van der Waals surface area contributed by atoms with Crippen LogP contribution in [0.3, 0.4) is 0 Å². The van der Waals surface area contributed by atoms with Crippen LogP contribution in [-0.2, 0) is 6.42 Å². The highest BCUT2D eigenvalue weighted by Gasteiger charge is 2.29. The van der Waals surface area contributed by atoms with Gasteiger partial charge >= 0.3 is 0 Å². The van der Waals surface area contributed by atoms with Gasteiger partial charge in [0.15, 0.2) is 0 Å². The Morgan fingerprint density at radius 3 is 2.60 bits per heavy atom. The summed E-state index contributed by atoms with van der Waals surface area (Å²) in [5.74, 6) is 1.38. The fourth-order valence-electron chi connectivity index (χ4n) is 2.48. The summed E-state index contributed by atoms with van der Waals surface area (Å²) in [6.07, 6.45) is 10.2. The van der Waals surface area contributed by atoms with Crippen LogP contribution < -0.4 is 0 Å². The molecule has 78 valence electrons. The topological polar surface area (TPSA) is 0 Å². The van der Waals surface area contributed by atoms with Crippen molar-refractivity contribution in [2.45, 2.75) is 26.2 Å². The molecule has 1 aromatic carbocycles. The molecule has 0 saturated heterocycles. The Balaban J connectivity index is 0.000000404. The van der Waals surface area contributed by atoms with Gasteiger partial charge in [0.2, 0.25) is 0 Å². The van der Waals surface area contributed by atoms with Crippen LogP contribution in [0, 0.1) is 5.92 Å². The molecule has 0 heterocycles. The van der Waals surface area contributed by atoms with Crippen molar-refractivity contribution in [3.8, 4) is 0 Å². The van der Waals surface area contributed by atoms with E-state index in [9.17, 15) is 0 Å². The maximum Gasteiger partial charge on any atom is 0.00899 e. The van der Waals surface area contributed by atoms with Gasteiger partial charge in [0.05, 0.1) is 0 Å². The first-order valence-electron chi connectivity index (χ1n) is 5.88. The quantitative estimate of drug-likeness (QED) is 0.589. The van der Waals surface area contributed by atoms with Crippen LogP contribution in [-0.4, -0.2) is 0 Å². The van der Waals surface area contributed by atoms with Gasteiger partial charge in [0.1, 0.15) is 0 Å². The van der Waals surface area contributed by atoms with Gasteiger partial charge in [0, 0.05) is 5.92 Å². The van der Waals surface area contributed by atoms with E-state index in [0.717, 1.165) is 5.92 Å². The Bertz CT molecular complexity index is 385. The minimum absolute atomic E-state index is 0.654. The average molecular weight is 198 g/mol. The maximum atomic E-state index is 2.34. The van der Waals surface area contributed by atoms with Crippen LogP contribution in [0.5, 0.6) is 0 Å². The number of fused-ring (bicyclic) bond motifs is 3. The third-order valence-corrected chi connectivity index (χ3v) is 3.12. The summed E-state index contributed by atoms with van der Waals surface area (Å²) in [7, 11) is 0. The van der Waals surface area contributed by atoms with Crippen molar-refractivity contribution in [3.63, 3.8) is 0 Å². The molecule has 2 unspecified atom stereocenters. The van der Waals surface area contributed by atoms with Gasteiger partial charge in [-0.15, -0.1) is 0 Å². The first kappa shape index (κ1) is 10.2. The fraction of sp³-hybridized carbons (Fsp3) is 0.333. The predicted octanol–water partition coefficient (Wildman–Crippen LogP) is 4.09. The van der Waals surface area contributed by atoms with E-state index in [1.165, 1.54) is 17.5 Å². The maximum absolute atomic E-state index is 2.34. The van der Waals surface area contributed by atoms with Crippen LogP contribution >= 0.6 is 0 Å². The first-order valence-corrected chi connectivity index (χ1v) is 5.88. The van der Waals surface area contributed by atoms with Gasteiger partial charge in [0.25, 0.3) is 0 Å². The zero-order valence-electron chi connectivity index (χ0n) is 9.48. The van der Waals surface area contributed by atoms with Crippen molar-refractivity contribution in [1.29, 1.82) is 0 Å². The summed E-state index contributed by atoms with van der Waals surface area (Å²) in [4.78, 5) is 0. The molecule has 0 aromatic heterocycles. The fourth-order valence-corrected chi connectivity index (χ4v) is 2.48. The number of rotatable bonds is 0. The summed E-state index contributed by atoms with van der Waals surface area (Å²) in [6.45, 7) is 4.00. The third kappa shape index (κ3) is 1.77. The van der Waals surface area contributed by atoms with Crippen LogP contribution in [0.25, 0.3) is 0 Å². The molecule has 0 N–H and O–H groups in total. The molecule has 3 rings (SSSR count). The van der Waals surface area contributed by atoms with Gasteiger partial charge in [-0.25, -0.2) is 0 Å². The Morgan fingerprint density at radius 2 is 1.73 bits per heavy atom. The van der Waals surface area contributed by atoms with Gasteiger partial charge in [-0.05, 0) is 23.5 Å². The molecule has 0 radical (unpaired) electrons. The Labute approximate surface area is 92.3 Å². The second kappa shape index (κ2) is 4.48. The lowest BCUT2D eigenvalue weighted by atomic mass is 9.89. The standard InChI is InChI=1S/C13H12.C2H6/c1-3-7-12-10(5-1)9-11-6-2-4-8-13(11)12;1-2/h1-8,10,12H,9H2;1-2H3. The summed E-state index contributed by atoms with van der Waals surface area (Å²) in [6, 6.07) is 8.82. The molecular weight excluding hydrogens is 180 g/mol. The molecule has 0 bridgehead atoms. The molecule has 0 fully saturated rings.